The first-order valence-corrected chi connectivity index (χ1v) is 12.9. The maximum Gasteiger partial charge on any atom is 0.510 e. The van der Waals surface area contributed by atoms with Crippen LogP contribution in [0.1, 0.15) is 66.7 Å². The lowest BCUT2D eigenvalue weighted by Gasteiger charge is -2.30. The van der Waals surface area contributed by atoms with Gasteiger partial charge in [-0.25, -0.2) is 18.9 Å². The fourth-order valence-electron chi connectivity index (χ4n) is 2.43. The predicted octanol–water partition coefficient (Wildman–Crippen LogP) is 4.05. The Hall–Kier alpha value is -2.57. The standard InChI is InChI=1S/C20H38N3O11P/c1-7-10-12-29-19(26)31-14(4)33-35(28,22-18(21)23(6)16(9-3)17(24)25)34-15(5)32-20(27)30-13-11-8-2/h14-16H,7-13H2,1-6H3,(H,24,25)(H2,21,22,28). The third kappa shape index (κ3) is 13.8. The smallest absolute Gasteiger partial charge is 0.480 e. The van der Waals surface area contributed by atoms with E-state index >= 15 is 0 Å². The van der Waals surface area contributed by atoms with Crippen LogP contribution in [0.4, 0.5) is 9.59 Å². The molecule has 3 unspecified atom stereocenters. The summed E-state index contributed by atoms with van der Waals surface area (Å²) in [6.45, 7) is 8.08. The largest absolute Gasteiger partial charge is 0.510 e. The van der Waals surface area contributed by atoms with Gasteiger partial charge in [0.25, 0.3) is 0 Å². The summed E-state index contributed by atoms with van der Waals surface area (Å²) >= 11 is 0. The summed E-state index contributed by atoms with van der Waals surface area (Å²) in [4.78, 5) is 35.9. The number of hydrogen-bond acceptors (Lipinski definition) is 11. The van der Waals surface area contributed by atoms with Crippen LogP contribution in [0.5, 0.6) is 0 Å². The highest BCUT2D eigenvalue weighted by Gasteiger charge is 2.36. The fraction of sp³-hybridized carbons (Fsp3) is 0.800. The van der Waals surface area contributed by atoms with Crippen LogP contribution >= 0.6 is 7.75 Å². The van der Waals surface area contributed by atoms with Crippen LogP contribution in [0.2, 0.25) is 0 Å². The Morgan fingerprint density at radius 2 is 1.37 bits per heavy atom. The van der Waals surface area contributed by atoms with Crippen molar-refractivity contribution in [1.29, 1.82) is 5.41 Å². The molecule has 0 aromatic carbocycles. The number of unbranched alkanes of at least 4 members (excludes halogenated alkanes) is 2. The Morgan fingerprint density at radius 1 is 0.943 bits per heavy atom. The number of guanidine groups is 1. The quantitative estimate of drug-likeness (QED) is 0.0653. The predicted molar refractivity (Wildman–Crippen MR) is 124 cm³/mol. The number of carboxylic acid groups (broad SMARTS) is 1. The Morgan fingerprint density at radius 3 is 1.71 bits per heavy atom. The van der Waals surface area contributed by atoms with E-state index in [2.05, 4.69) is 5.09 Å². The van der Waals surface area contributed by atoms with Crippen LogP contribution in [0.3, 0.4) is 0 Å². The summed E-state index contributed by atoms with van der Waals surface area (Å²) in [5.41, 5.74) is 0. The molecule has 0 bridgehead atoms. The van der Waals surface area contributed by atoms with Gasteiger partial charge in [-0.15, -0.1) is 0 Å². The van der Waals surface area contributed by atoms with E-state index in [1.54, 1.807) is 6.92 Å². The lowest BCUT2D eigenvalue weighted by atomic mass is 10.2. The van der Waals surface area contributed by atoms with E-state index in [-0.39, 0.29) is 19.6 Å². The zero-order valence-corrected chi connectivity index (χ0v) is 22.0. The molecule has 3 N–H and O–H groups in total. The van der Waals surface area contributed by atoms with Crippen molar-refractivity contribution in [2.24, 2.45) is 0 Å². The highest BCUT2D eigenvalue weighted by molar-refractivity contribution is 7.52. The van der Waals surface area contributed by atoms with E-state index < -0.39 is 50.6 Å². The zero-order chi connectivity index (χ0) is 27.0. The number of likely N-dealkylation sites (N-methyl/N-ethyl adjacent to an activating group) is 1. The Labute approximate surface area is 205 Å². The number of nitrogens with zero attached hydrogens (tertiary/aromatic N) is 1. The van der Waals surface area contributed by atoms with Crippen molar-refractivity contribution in [3.05, 3.63) is 0 Å². The molecule has 0 fully saturated rings. The van der Waals surface area contributed by atoms with Gasteiger partial charge in [0.2, 0.25) is 18.5 Å². The van der Waals surface area contributed by atoms with Gasteiger partial charge in [0.15, 0.2) is 0 Å². The topological polar surface area (TPSA) is 183 Å². The summed E-state index contributed by atoms with van der Waals surface area (Å²) in [6, 6.07) is -1.12. The van der Waals surface area contributed by atoms with E-state index in [1.807, 2.05) is 13.8 Å². The molecule has 204 valence electrons. The van der Waals surface area contributed by atoms with Crippen molar-refractivity contribution in [3.8, 4) is 0 Å². The van der Waals surface area contributed by atoms with Gasteiger partial charge in [0.05, 0.1) is 13.2 Å². The maximum atomic E-state index is 13.4. The molecule has 0 aromatic heterocycles. The van der Waals surface area contributed by atoms with Crippen molar-refractivity contribution >= 4 is 32.0 Å². The van der Waals surface area contributed by atoms with Crippen LogP contribution < -0.4 is 5.09 Å². The summed E-state index contributed by atoms with van der Waals surface area (Å²) in [5.74, 6) is -1.84. The first kappa shape index (κ1) is 32.4. The molecule has 0 saturated carbocycles. The molecule has 0 aliphatic heterocycles. The van der Waals surface area contributed by atoms with Crippen LogP contribution in [-0.2, 0) is 37.4 Å². The SMILES string of the molecule is CCCCOC(=O)OC(C)OP(=O)(NC(=N)N(C)C(CC)C(=O)O)OC(C)OC(=O)OCCCC. The van der Waals surface area contributed by atoms with Gasteiger partial charge in [-0.2, -0.15) is 0 Å². The first-order valence-electron chi connectivity index (χ1n) is 11.3. The number of carbonyl (C=O) groups excluding carboxylic acids is 2. The number of carboxylic acids is 1. The number of nitrogens with one attached hydrogen (secondary N) is 2. The van der Waals surface area contributed by atoms with Crippen LogP contribution in [0, 0.1) is 5.41 Å². The Bertz CT molecular complexity index is 701. The molecule has 0 radical (unpaired) electrons. The van der Waals surface area contributed by atoms with E-state index in [0.717, 1.165) is 17.7 Å². The third-order valence-corrected chi connectivity index (χ3v) is 5.90. The van der Waals surface area contributed by atoms with Gasteiger partial charge in [-0.05, 0) is 33.1 Å². The van der Waals surface area contributed by atoms with Gasteiger partial charge in [0.1, 0.15) is 6.04 Å². The summed E-state index contributed by atoms with van der Waals surface area (Å²) < 4.78 is 43.3. The second-order valence-electron chi connectivity index (χ2n) is 7.32. The number of hydrogen-bond donors (Lipinski definition) is 3. The van der Waals surface area contributed by atoms with E-state index in [0.29, 0.717) is 12.8 Å². The lowest BCUT2D eigenvalue weighted by molar-refractivity contribution is -0.141. The molecule has 0 rings (SSSR count). The molecule has 15 heteroatoms. The number of carbonyl (C=O) groups is 3. The van der Waals surface area contributed by atoms with Gasteiger partial charge in [-0.3, -0.25) is 19.5 Å². The molecule has 0 heterocycles. The molecule has 14 nitrogen and oxygen atoms in total. The molecule has 0 saturated heterocycles. The third-order valence-electron chi connectivity index (χ3n) is 4.27. The fourth-order valence-corrected chi connectivity index (χ4v) is 3.87. The average molecular weight is 528 g/mol. The Kier molecular flexibility index (Phi) is 15.7. The highest BCUT2D eigenvalue weighted by Crippen LogP contribution is 2.47. The molecule has 3 atom stereocenters. The zero-order valence-electron chi connectivity index (χ0n) is 21.1. The maximum absolute atomic E-state index is 13.4. The van der Waals surface area contributed by atoms with Gasteiger partial charge >= 0.3 is 26.0 Å². The molecular formula is C20H38N3O11P. The van der Waals surface area contributed by atoms with E-state index in [4.69, 9.17) is 33.4 Å². The molecule has 35 heavy (non-hydrogen) atoms. The highest BCUT2D eigenvalue weighted by atomic mass is 31.2. The molecule has 0 aliphatic rings. The van der Waals surface area contributed by atoms with Gasteiger partial charge in [0, 0.05) is 7.05 Å². The van der Waals surface area contributed by atoms with Crippen molar-refractivity contribution in [3.63, 3.8) is 0 Å². The Balaban J connectivity index is 5.40. The average Bonchev–Trinajstić information content (AvgIpc) is 2.73. The van der Waals surface area contributed by atoms with Crippen LogP contribution in [-0.4, -0.2) is 73.1 Å². The first-order chi connectivity index (χ1) is 16.4. The van der Waals surface area contributed by atoms with Crippen molar-refractivity contribution in [2.45, 2.75) is 85.3 Å². The summed E-state index contributed by atoms with van der Waals surface area (Å²) in [5, 5.41) is 19.6. The monoisotopic (exact) mass is 527 g/mol. The molecule has 0 aliphatic carbocycles. The lowest BCUT2D eigenvalue weighted by Crippen LogP contribution is -2.47. The molecule has 0 aromatic rings. The van der Waals surface area contributed by atoms with Gasteiger partial charge < -0.3 is 29.0 Å². The van der Waals surface area contributed by atoms with Gasteiger partial charge in [-0.1, -0.05) is 33.6 Å². The second-order valence-corrected chi connectivity index (χ2v) is 8.96. The van der Waals surface area contributed by atoms with Crippen LogP contribution in [0.15, 0.2) is 0 Å². The van der Waals surface area contributed by atoms with E-state index in [1.165, 1.54) is 20.9 Å². The second kappa shape index (κ2) is 17.0. The number of aliphatic carboxylic acids is 1. The minimum absolute atomic E-state index is 0.114. The molecular weight excluding hydrogens is 489 g/mol. The summed E-state index contributed by atoms with van der Waals surface area (Å²) in [6.07, 6.45) is -2.18. The minimum atomic E-state index is -4.57. The van der Waals surface area contributed by atoms with E-state index in [9.17, 15) is 24.1 Å². The van der Waals surface area contributed by atoms with Crippen molar-refractivity contribution in [2.75, 3.05) is 20.3 Å². The molecule has 0 amide bonds. The van der Waals surface area contributed by atoms with Crippen LogP contribution in [0.25, 0.3) is 0 Å². The summed E-state index contributed by atoms with van der Waals surface area (Å²) in [7, 11) is -3.28. The number of ether oxygens (including phenoxy) is 4. The van der Waals surface area contributed by atoms with Crippen molar-refractivity contribution in [1.82, 2.24) is 9.99 Å². The molecule has 0 spiro atoms. The normalized spacial score (nSPS) is 15.0. The van der Waals surface area contributed by atoms with Crippen molar-refractivity contribution < 1.29 is 52.1 Å². The minimum Gasteiger partial charge on any atom is -0.480 e. The number of rotatable bonds is 16.